The third kappa shape index (κ3) is 4.75. The summed E-state index contributed by atoms with van der Waals surface area (Å²) in [5, 5.41) is 4.49. The van der Waals surface area contributed by atoms with Gasteiger partial charge in [0.1, 0.15) is 0 Å². The van der Waals surface area contributed by atoms with Crippen molar-refractivity contribution in [3.8, 4) is 0 Å². The number of amides is 1. The standard InChI is InChI=1S/C21H32N2O4/c1-12(2)17(24)16-15(22-18(25)13(3)4)11-20(7,8)23(21(16,9)10)27-19(26)14(5)6/h15-16H,1,3,5,11H2,2,4,6-10H3,(H,22,25). The Morgan fingerprint density at radius 2 is 1.48 bits per heavy atom. The number of ketones is 1. The fourth-order valence-corrected chi connectivity index (χ4v) is 3.73. The molecule has 1 N–H and O–H groups in total. The number of nitrogens with zero attached hydrogens (tertiary/aromatic N) is 1. The van der Waals surface area contributed by atoms with Crippen LogP contribution in [0.3, 0.4) is 0 Å². The highest BCUT2D eigenvalue weighted by Gasteiger charge is 2.57. The van der Waals surface area contributed by atoms with E-state index in [0.29, 0.717) is 17.6 Å². The molecule has 1 heterocycles. The number of piperidine rings is 1. The Morgan fingerprint density at radius 1 is 0.963 bits per heavy atom. The Labute approximate surface area is 162 Å². The lowest BCUT2D eigenvalue weighted by molar-refractivity contribution is -0.275. The fraction of sp³-hybridized carbons (Fsp3) is 0.571. The van der Waals surface area contributed by atoms with Crippen LogP contribution in [-0.2, 0) is 19.2 Å². The highest BCUT2D eigenvalue weighted by Crippen LogP contribution is 2.44. The van der Waals surface area contributed by atoms with Crippen molar-refractivity contribution in [3.05, 3.63) is 36.5 Å². The van der Waals surface area contributed by atoms with E-state index in [4.69, 9.17) is 4.84 Å². The Bertz CT molecular complexity index is 703. The number of hydroxylamine groups is 2. The van der Waals surface area contributed by atoms with E-state index in [1.165, 1.54) is 0 Å². The SMILES string of the molecule is C=C(C)C(=O)NC1CC(C)(C)N(OC(=O)C(=C)C)C(C)(C)C1C(=O)C(=C)C. The normalized spacial score (nSPS) is 23.8. The lowest BCUT2D eigenvalue weighted by Crippen LogP contribution is -2.70. The van der Waals surface area contributed by atoms with E-state index in [0.717, 1.165) is 0 Å². The summed E-state index contributed by atoms with van der Waals surface area (Å²) in [5.74, 6) is -1.69. The van der Waals surface area contributed by atoms with Crippen LogP contribution >= 0.6 is 0 Å². The molecule has 0 saturated carbocycles. The van der Waals surface area contributed by atoms with Crippen LogP contribution in [0.4, 0.5) is 0 Å². The third-order valence-electron chi connectivity index (χ3n) is 4.89. The molecule has 6 nitrogen and oxygen atoms in total. The molecule has 0 aliphatic carbocycles. The average Bonchev–Trinajstić information content (AvgIpc) is 2.49. The summed E-state index contributed by atoms with van der Waals surface area (Å²) >= 11 is 0. The predicted octanol–water partition coefficient (Wildman–Crippen LogP) is 3.11. The van der Waals surface area contributed by atoms with Gasteiger partial charge in [0.05, 0.1) is 17.0 Å². The van der Waals surface area contributed by atoms with Gasteiger partial charge >= 0.3 is 5.97 Å². The van der Waals surface area contributed by atoms with E-state index in [9.17, 15) is 14.4 Å². The maximum Gasteiger partial charge on any atom is 0.352 e. The van der Waals surface area contributed by atoms with Gasteiger partial charge < -0.3 is 10.2 Å². The van der Waals surface area contributed by atoms with Crippen LogP contribution in [0, 0.1) is 5.92 Å². The first kappa shape index (κ1) is 22.8. The van der Waals surface area contributed by atoms with Gasteiger partial charge in [-0.05, 0) is 60.5 Å². The molecule has 0 bridgehead atoms. The number of rotatable bonds is 6. The molecule has 1 aliphatic heterocycles. The molecule has 6 heteroatoms. The van der Waals surface area contributed by atoms with Gasteiger partial charge in [-0.25, -0.2) is 4.79 Å². The number of Topliss-reactive ketones (excluding diaryl/α,β-unsaturated/α-hetero) is 1. The summed E-state index contributed by atoms with van der Waals surface area (Å²) < 4.78 is 0. The van der Waals surface area contributed by atoms with Gasteiger partial charge in [0.15, 0.2) is 5.78 Å². The van der Waals surface area contributed by atoms with Crippen LogP contribution in [0.1, 0.15) is 54.9 Å². The van der Waals surface area contributed by atoms with Crippen LogP contribution in [0.25, 0.3) is 0 Å². The van der Waals surface area contributed by atoms with Crippen molar-refractivity contribution in [2.45, 2.75) is 72.0 Å². The van der Waals surface area contributed by atoms with Gasteiger partial charge in [-0.2, -0.15) is 0 Å². The van der Waals surface area contributed by atoms with E-state index in [1.807, 2.05) is 27.7 Å². The van der Waals surface area contributed by atoms with Crippen LogP contribution in [0.15, 0.2) is 36.5 Å². The first-order chi connectivity index (χ1) is 12.1. The zero-order valence-electron chi connectivity index (χ0n) is 17.6. The minimum absolute atomic E-state index is 0.182. The van der Waals surface area contributed by atoms with Gasteiger partial charge in [-0.15, -0.1) is 5.06 Å². The van der Waals surface area contributed by atoms with Gasteiger partial charge in [-0.1, -0.05) is 19.7 Å². The van der Waals surface area contributed by atoms with E-state index >= 15 is 0 Å². The monoisotopic (exact) mass is 376 g/mol. The maximum atomic E-state index is 13.0. The van der Waals surface area contributed by atoms with Crippen molar-refractivity contribution in [2.75, 3.05) is 0 Å². The molecule has 0 aromatic heterocycles. The predicted molar refractivity (Wildman–Crippen MR) is 106 cm³/mol. The second-order valence-corrected chi connectivity index (χ2v) is 8.61. The molecule has 1 saturated heterocycles. The molecular weight excluding hydrogens is 344 g/mol. The molecule has 27 heavy (non-hydrogen) atoms. The molecule has 150 valence electrons. The summed E-state index contributed by atoms with van der Waals surface area (Å²) in [7, 11) is 0. The fourth-order valence-electron chi connectivity index (χ4n) is 3.73. The summed E-state index contributed by atoms with van der Waals surface area (Å²) in [6.07, 6.45) is 0.405. The molecule has 2 unspecified atom stereocenters. The molecule has 0 aromatic carbocycles. The lowest BCUT2D eigenvalue weighted by Gasteiger charge is -2.56. The smallest absolute Gasteiger partial charge is 0.352 e. The molecule has 1 rings (SSSR count). The number of allylic oxidation sites excluding steroid dienone is 1. The van der Waals surface area contributed by atoms with Crippen molar-refractivity contribution in [1.29, 1.82) is 0 Å². The Morgan fingerprint density at radius 3 is 1.89 bits per heavy atom. The minimum Gasteiger partial charge on any atom is -0.363 e. The molecule has 1 aliphatic rings. The molecule has 0 radical (unpaired) electrons. The molecule has 0 spiro atoms. The van der Waals surface area contributed by atoms with Gasteiger partial charge in [0.2, 0.25) is 5.91 Å². The molecule has 1 fully saturated rings. The highest BCUT2D eigenvalue weighted by atomic mass is 16.7. The number of hydrogen-bond acceptors (Lipinski definition) is 5. The second-order valence-electron chi connectivity index (χ2n) is 8.61. The second kappa shape index (κ2) is 7.80. The Balaban J connectivity index is 3.43. The summed E-state index contributed by atoms with van der Waals surface area (Å²) in [5.41, 5.74) is -0.512. The molecular formula is C21H32N2O4. The van der Waals surface area contributed by atoms with Gasteiger partial charge in [0, 0.05) is 17.2 Å². The molecule has 1 amide bonds. The van der Waals surface area contributed by atoms with Crippen LogP contribution < -0.4 is 5.32 Å². The number of carbonyl (C=O) groups is 3. The number of nitrogens with one attached hydrogen (secondary N) is 1. The van der Waals surface area contributed by atoms with Crippen LogP contribution in [0.5, 0.6) is 0 Å². The lowest BCUT2D eigenvalue weighted by atomic mass is 9.68. The number of carbonyl (C=O) groups excluding carboxylic acids is 3. The largest absolute Gasteiger partial charge is 0.363 e. The van der Waals surface area contributed by atoms with E-state index in [2.05, 4.69) is 25.1 Å². The van der Waals surface area contributed by atoms with E-state index in [1.54, 1.807) is 25.8 Å². The number of hydrogen-bond donors (Lipinski definition) is 1. The topological polar surface area (TPSA) is 75.7 Å². The maximum absolute atomic E-state index is 13.0. The van der Waals surface area contributed by atoms with E-state index < -0.39 is 29.0 Å². The average molecular weight is 376 g/mol. The van der Waals surface area contributed by atoms with Gasteiger partial charge in [0.25, 0.3) is 0 Å². The zero-order valence-corrected chi connectivity index (χ0v) is 17.6. The van der Waals surface area contributed by atoms with Crippen molar-refractivity contribution in [1.82, 2.24) is 10.4 Å². The molecule has 0 aromatic rings. The first-order valence-corrected chi connectivity index (χ1v) is 8.97. The summed E-state index contributed by atoms with van der Waals surface area (Å²) in [6, 6.07) is -0.455. The highest BCUT2D eigenvalue weighted by molar-refractivity contribution is 5.98. The Kier molecular flexibility index (Phi) is 6.60. The third-order valence-corrected chi connectivity index (χ3v) is 4.89. The van der Waals surface area contributed by atoms with Crippen molar-refractivity contribution in [2.24, 2.45) is 5.92 Å². The Hall–Kier alpha value is -2.21. The van der Waals surface area contributed by atoms with E-state index in [-0.39, 0.29) is 17.3 Å². The minimum atomic E-state index is -0.893. The van der Waals surface area contributed by atoms with Crippen LogP contribution in [0.2, 0.25) is 0 Å². The quantitative estimate of drug-likeness (QED) is 0.721. The first-order valence-electron chi connectivity index (χ1n) is 8.97. The zero-order chi connectivity index (χ0) is 21.3. The van der Waals surface area contributed by atoms with Gasteiger partial charge in [-0.3, -0.25) is 9.59 Å². The van der Waals surface area contributed by atoms with Crippen molar-refractivity contribution >= 4 is 17.7 Å². The van der Waals surface area contributed by atoms with Crippen molar-refractivity contribution < 1.29 is 19.2 Å². The van der Waals surface area contributed by atoms with Crippen LogP contribution in [-0.4, -0.2) is 39.8 Å². The van der Waals surface area contributed by atoms with Crippen molar-refractivity contribution in [3.63, 3.8) is 0 Å². The molecule has 2 atom stereocenters. The summed E-state index contributed by atoms with van der Waals surface area (Å²) in [4.78, 5) is 43.1. The summed E-state index contributed by atoms with van der Waals surface area (Å²) in [6.45, 7) is 23.3.